The monoisotopic (exact) mass is 604 g/mol. The highest BCUT2D eigenvalue weighted by Gasteiger charge is 2.42. The van der Waals surface area contributed by atoms with Gasteiger partial charge in [-0.1, -0.05) is 30.0 Å². The molecule has 1 amide bonds. The van der Waals surface area contributed by atoms with Crippen LogP contribution in [0.1, 0.15) is 43.2 Å². The summed E-state index contributed by atoms with van der Waals surface area (Å²) < 4.78 is 62.6. The summed E-state index contributed by atoms with van der Waals surface area (Å²) in [5.74, 6) is 5.35. The number of nitrogens with one attached hydrogen (secondary N) is 2. The zero-order valence-electron chi connectivity index (χ0n) is 23.8. The van der Waals surface area contributed by atoms with Gasteiger partial charge in [0.15, 0.2) is 0 Å². The number of carbonyl (C=O) groups is 1. The van der Waals surface area contributed by atoms with Crippen molar-refractivity contribution in [2.75, 3.05) is 44.6 Å². The van der Waals surface area contributed by atoms with Crippen LogP contribution in [-0.2, 0) is 32.4 Å². The Kier molecular flexibility index (Phi) is 11.6. The molecule has 0 aliphatic carbocycles. The van der Waals surface area contributed by atoms with Crippen molar-refractivity contribution in [1.82, 2.24) is 9.62 Å². The van der Waals surface area contributed by atoms with E-state index in [0.29, 0.717) is 36.4 Å². The fourth-order valence-corrected chi connectivity index (χ4v) is 7.21. The summed E-state index contributed by atoms with van der Waals surface area (Å²) >= 11 is 0. The number of nitrogens with two attached hydrogens (primary N) is 1. The van der Waals surface area contributed by atoms with E-state index in [2.05, 4.69) is 22.5 Å². The molecule has 42 heavy (non-hydrogen) atoms. The van der Waals surface area contributed by atoms with Gasteiger partial charge in [0.2, 0.25) is 5.91 Å². The molecule has 3 aliphatic heterocycles. The van der Waals surface area contributed by atoms with Gasteiger partial charge in [0.05, 0.1) is 42.9 Å². The second kappa shape index (κ2) is 15.1. The summed E-state index contributed by atoms with van der Waals surface area (Å²) in [7, 11) is 0.266. The molecular weight excluding hydrogens is 565 g/mol. The van der Waals surface area contributed by atoms with E-state index in [1.807, 2.05) is 4.31 Å². The number of benzene rings is 2. The second-order valence-corrected chi connectivity index (χ2v) is 12.4. The van der Waals surface area contributed by atoms with Gasteiger partial charge < -0.3 is 21.1 Å². The van der Waals surface area contributed by atoms with Gasteiger partial charge in [0.1, 0.15) is 11.6 Å². The molecule has 1 saturated heterocycles. The van der Waals surface area contributed by atoms with E-state index in [1.165, 1.54) is 43.5 Å². The maximum Gasteiger partial charge on any atom is 0.242 e. The topological polar surface area (TPSA) is 96.7 Å². The fourth-order valence-electron chi connectivity index (χ4n) is 5.84. The molecular formula is C31H39F3N4O3S. The molecule has 0 saturated carbocycles. The zero-order valence-corrected chi connectivity index (χ0v) is 24.7. The van der Waals surface area contributed by atoms with Gasteiger partial charge in [-0.05, 0) is 68.4 Å². The number of nitrogens with zero attached hydrogens (tertiary/aromatic N) is 1. The van der Waals surface area contributed by atoms with E-state index < -0.39 is 46.7 Å². The maximum absolute atomic E-state index is 15.2. The van der Waals surface area contributed by atoms with Crippen molar-refractivity contribution in [1.29, 1.82) is 0 Å². The summed E-state index contributed by atoms with van der Waals surface area (Å²) in [6, 6.07) is 8.73. The number of halogens is 3. The number of hydrogen-bond acceptors (Lipinski definition) is 5. The molecule has 11 heteroatoms. The number of amides is 1. The molecule has 0 aromatic heterocycles. The van der Waals surface area contributed by atoms with Gasteiger partial charge >= 0.3 is 0 Å². The Bertz CT molecular complexity index is 1300. The normalized spacial score (nSPS) is 24.2. The summed E-state index contributed by atoms with van der Waals surface area (Å²) in [4.78, 5) is 13.7. The van der Waals surface area contributed by atoms with Crippen LogP contribution in [0.3, 0.4) is 0 Å². The van der Waals surface area contributed by atoms with Gasteiger partial charge in [0.25, 0.3) is 0 Å². The van der Waals surface area contributed by atoms with Gasteiger partial charge in [0, 0.05) is 42.1 Å². The van der Waals surface area contributed by atoms with Crippen molar-refractivity contribution in [2.24, 2.45) is 5.73 Å². The highest BCUT2D eigenvalue weighted by Crippen LogP contribution is 2.34. The van der Waals surface area contributed by atoms with Crippen LogP contribution in [0, 0.1) is 23.5 Å². The molecule has 0 radical (unpaired) electrons. The van der Waals surface area contributed by atoms with Crippen molar-refractivity contribution in [3.8, 4) is 11.8 Å². The number of ether oxygens (including phenoxy) is 1. The average Bonchev–Trinajstić information content (AvgIpc) is 3.10. The minimum atomic E-state index is -1.21. The van der Waals surface area contributed by atoms with Crippen molar-refractivity contribution >= 4 is 22.6 Å². The molecule has 2 aromatic carbocycles. The third-order valence-corrected chi connectivity index (χ3v) is 9.74. The molecule has 0 spiro atoms. The Morgan fingerprint density at radius 1 is 1.29 bits per heavy atom. The van der Waals surface area contributed by atoms with Crippen LogP contribution in [-0.4, -0.2) is 71.8 Å². The molecule has 5 rings (SSSR count). The first kappa shape index (κ1) is 32.2. The predicted molar refractivity (Wildman–Crippen MR) is 159 cm³/mol. The van der Waals surface area contributed by atoms with Crippen molar-refractivity contribution in [3.63, 3.8) is 0 Å². The third kappa shape index (κ3) is 7.60. The highest BCUT2D eigenvalue weighted by molar-refractivity contribution is 7.82. The molecule has 6 atom stereocenters. The molecule has 3 aliphatic rings. The van der Waals surface area contributed by atoms with E-state index in [9.17, 15) is 17.8 Å². The van der Waals surface area contributed by atoms with Crippen LogP contribution >= 0.6 is 0 Å². The lowest BCUT2D eigenvalue weighted by molar-refractivity contribution is -0.119. The first-order valence-corrected chi connectivity index (χ1v) is 15.6. The number of hydrogen-bond donors (Lipinski definition) is 3. The van der Waals surface area contributed by atoms with Crippen LogP contribution < -0.4 is 16.4 Å². The van der Waals surface area contributed by atoms with Crippen molar-refractivity contribution < 1.29 is 26.9 Å². The van der Waals surface area contributed by atoms with Gasteiger partial charge in [-0.2, -0.15) is 0 Å². The summed E-state index contributed by atoms with van der Waals surface area (Å²) in [5.41, 5.74) is 6.56. The lowest BCUT2D eigenvalue weighted by Gasteiger charge is -2.38. The Hall–Kier alpha value is -2.75. The summed E-state index contributed by atoms with van der Waals surface area (Å²) in [5, 5.41) is 6.25. The molecule has 2 aromatic rings. The molecule has 7 nitrogen and oxygen atoms in total. The predicted octanol–water partition coefficient (Wildman–Crippen LogP) is 3.60. The van der Waals surface area contributed by atoms with E-state index >= 15 is 4.39 Å². The average molecular weight is 605 g/mol. The van der Waals surface area contributed by atoms with Crippen LogP contribution in [0.15, 0.2) is 42.5 Å². The van der Waals surface area contributed by atoms with Crippen LogP contribution in [0.2, 0.25) is 0 Å². The van der Waals surface area contributed by atoms with Gasteiger partial charge in [-0.3, -0.25) is 9.18 Å². The lowest BCUT2D eigenvalue weighted by Crippen LogP contribution is -2.55. The molecule has 1 fully saturated rings. The van der Waals surface area contributed by atoms with Crippen LogP contribution in [0.4, 0.5) is 18.9 Å². The van der Waals surface area contributed by atoms with E-state index in [1.54, 1.807) is 6.07 Å². The standard InChI is InChI=1S/C31H39F3N4O3S/c1-41-21-31(16-5-17-32,22-10-12-23(33)13-11-22)29(35)30(39)37-28-9-2-8-27(34)26(28)15-14-25-20-36-24-6-3-18-38(25)42(40)19-4-7-24/h2,8-13,24-25,29,36H,4-5,7,14-21,35H2,1H3,(H,37,39)/t24?,25-,29+,31?,42?/m0/s1. The smallest absolute Gasteiger partial charge is 0.242 e. The number of methoxy groups -OCH3 is 1. The van der Waals surface area contributed by atoms with Crippen molar-refractivity contribution in [3.05, 3.63) is 65.2 Å². The largest absolute Gasteiger partial charge is 0.384 e. The number of fused-ring (bicyclic) bond motifs is 6. The molecule has 3 heterocycles. The molecule has 228 valence electrons. The van der Waals surface area contributed by atoms with Gasteiger partial charge in [-0.15, -0.1) is 0 Å². The number of carbonyl (C=O) groups excluding carboxylic acids is 1. The minimum absolute atomic E-state index is 0.00519. The maximum atomic E-state index is 15.2. The van der Waals surface area contributed by atoms with Crippen LogP contribution in [0.5, 0.6) is 0 Å². The van der Waals surface area contributed by atoms with Gasteiger partial charge in [-0.25, -0.2) is 17.3 Å². The van der Waals surface area contributed by atoms with Crippen LogP contribution in [0.25, 0.3) is 0 Å². The van der Waals surface area contributed by atoms with Crippen molar-refractivity contribution in [2.45, 2.75) is 62.1 Å². The first-order valence-electron chi connectivity index (χ1n) is 14.3. The minimum Gasteiger partial charge on any atom is -0.384 e. The van der Waals surface area contributed by atoms with E-state index in [-0.39, 0.29) is 43.6 Å². The molecule has 4 N–H and O–H groups in total. The first-order chi connectivity index (χ1) is 20.3. The number of rotatable bonds is 12. The Labute approximate surface area is 248 Å². The lowest BCUT2D eigenvalue weighted by atomic mass is 9.71. The Morgan fingerprint density at radius 2 is 2.07 bits per heavy atom. The summed E-state index contributed by atoms with van der Waals surface area (Å²) in [6.07, 6.45) is 2.70. The molecule has 4 unspecified atom stereocenters. The SMILES string of the molecule is COCC(CCCF)(c1ccc(F)cc1)[C@H](N)C(=O)Nc1cccc(F)c1CC[C@H]1CNC2C#CCN1S(=O)CCC2. The summed E-state index contributed by atoms with van der Waals surface area (Å²) in [6.45, 7) is 0.320. The second-order valence-electron chi connectivity index (χ2n) is 10.8. The third-order valence-electron chi connectivity index (χ3n) is 8.15. The van der Waals surface area contributed by atoms with E-state index in [4.69, 9.17) is 10.5 Å². The number of alkyl halides is 1. The van der Waals surface area contributed by atoms with E-state index in [0.717, 1.165) is 12.8 Å². The Balaban J connectivity index is 1.56. The number of anilines is 1. The quantitative estimate of drug-likeness (QED) is 0.322. The molecule has 2 bridgehead atoms. The Morgan fingerprint density at radius 3 is 2.81 bits per heavy atom. The fraction of sp³-hybridized carbons (Fsp3) is 0.516. The zero-order chi connectivity index (χ0) is 30.1. The highest BCUT2D eigenvalue weighted by atomic mass is 32.2.